The molecule has 0 radical (unpaired) electrons. The lowest BCUT2D eigenvalue weighted by atomic mass is 10.0. The Morgan fingerprint density at radius 1 is 1.16 bits per heavy atom. The van der Waals surface area contributed by atoms with Crippen molar-refractivity contribution in [2.24, 2.45) is 5.73 Å². The number of aryl methyl sites for hydroxylation is 1. The van der Waals surface area contributed by atoms with Crippen molar-refractivity contribution in [3.05, 3.63) is 63.5 Å². The van der Waals surface area contributed by atoms with Crippen LogP contribution in [0.4, 0.5) is 24.0 Å². The van der Waals surface area contributed by atoms with Crippen LogP contribution in [0.1, 0.15) is 36.7 Å². The van der Waals surface area contributed by atoms with E-state index in [4.69, 9.17) is 10.5 Å². The number of alkyl halides is 3. The van der Waals surface area contributed by atoms with E-state index in [0.29, 0.717) is 42.7 Å². The van der Waals surface area contributed by atoms with Gasteiger partial charge in [0.2, 0.25) is 0 Å². The van der Waals surface area contributed by atoms with E-state index in [1.807, 2.05) is 4.90 Å². The Bertz CT molecular complexity index is 1320. The Balaban J connectivity index is 1.61. The van der Waals surface area contributed by atoms with E-state index in [0.717, 1.165) is 23.0 Å². The molecule has 0 saturated carbocycles. The van der Waals surface area contributed by atoms with Gasteiger partial charge < -0.3 is 21.1 Å². The maximum Gasteiger partial charge on any atom is 0.416 e. The van der Waals surface area contributed by atoms with Gasteiger partial charge in [-0.05, 0) is 42.3 Å². The van der Waals surface area contributed by atoms with Crippen LogP contribution < -0.4 is 16.4 Å². The van der Waals surface area contributed by atoms with Crippen molar-refractivity contribution < 1.29 is 27.5 Å². The maximum atomic E-state index is 13.9. The van der Waals surface area contributed by atoms with Crippen molar-refractivity contribution in [3.63, 3.8) is 0 Å². The number of carbonyl (C=O) groups is 2. The molecular weight excluding hydrogens is 507 g/mol. The highest BCUT2D eigenvalue weighted by Gasteiger charge is 2.34. The smallest absolute Gasteiger partial charge is 0.379 e. The molecule has 2 amide bonds. The highest BCUT2D eigenvalue weighted by atomic mass is 32.1. The van der Waals surface area contributed by atoms with Crippen LogP contribution >= 0.6 is 11.3 Å². The van der Waals surface area contributed by atoms with Crippen molar-refractivity contribution in [2.45, 2.75) is 19.6 Å². The molecule has 2 aromatic carbocycles. The number of hydrogen-bond donors (Lipinski definition) is 3. The molecule has 4 N–H and O–H groups in total. The summed E-state index contributed by atoms with van der Waals surface area (Å²) < 4.78 is 46.8. The third kappa shape index (κ3) is 6.09. The molecule has 12 heteroatoms. The molecule has 1 fully saturated rings. The van der Waals surface area contributed by atoms with Crippen molar-refractivity contribution in [1.29, 1.82) is 0 Å². The molecule has 8 nitrogen and oxygen atoms in total. The summed E-state index contributed by atoms with van der Waals surface area (Å²) in [7, 11) is 1.66. The van der Waals surface area contributed by atoms with Crippen molar-refractivity contribution in [3.8, 4) is 11.3 Å². The van der Waals surface area contributed by atoms with Crippen LogP contribution in [0.15, 0.2) is 36.4 Å². The number of aromatic nitrogens is 1. The molecule has 196 valence electrons. The maximum absolute atomic E-state index is 13.9. The minimum atomic E-state index is -4.58. The number of rotatable bonds is 7. The number of nitrogens with zero attached hydrogens (tertiary/aromatic N) is 2. The summed E-state index contributed by atoms with van der Waals surface area (Å²) in [6, 6.07) is 8.59. The van der Waals surface area contributed by atoms with E-state index in [9.17, 15) is 22.8 Å². The monoisotopic (exact) mass is 533 g/mol. The fourth-order valence-corrected chi connectivity index (χ4v) is 4.84. The number of primary amides is 1. The van der Waals surface area contributed by atoms with Crippen LogP contribution in [0.2, 0.25) is 0 Å². The third-order valence-corrected chi connectivity index (χ3v) is 7.08. The van der Waals surface area contributed by atoms with Gasteiger partial charge in [0, 0.05) is 43.5 Å². The van der Waals surface area contributed by atoms with Crippen molar-refractivity contribution in [1.82, 2.24) is 9.88 Å². The first-order valence-electron chi connectivity index (χ1n) is 11.5. The molecule has 0 atom stereocenters. The van der Waals surface area contributed by atoms with Crippen LogP contribution in [0.25, 0.3) is 11.3 Å². The summed E-state index contributed by atoms with van der Waals surface area (Å²) in [5.41, 5.74) is 6.67. The molecule has 1 aromatic heterocycles. The quantitative estimate of drug-likeness (QED) is 0.416. The lowest BCUT2D eigenvalue weighted by Crippen LogP contribution is -2.36. The Labute approximate surface area is 215 Å². The van der Waals surface area contributed by atoms with Gasteiger partial charge in [0.15, 0.2) is 5.13 Å². The fourth-order valence-electron chi connectivity index (χ4n) is 4.05. The summed E-state index contributed by atoms with van der Waals surface area (Å²) in [6.45, 7) is 4.00. The Hall–Kier alpha value is -3.48. The summed E-state index contributed by atoms with van der Waals surface area (Å²) >= 11 is 1.09. The molecule has 2 heterocycles. The number of halogens is 3. The second kappa shape index (κ2) is 10.9. The van der Waals surface area contributed by atoms with Gasteiger partial charge in [-0.3, -0.25) is 14.5 Å². The molecular formula is C25H26F3N5O3S. The van der Waals surface area contributed by atoms with Crippen LogP contribution in [0, 0.1) is 6.92 Å². The number of morpholine rings is 1. The van der Waals surface area contributed by atoms with E-state index in [1.54, 1.807) is 32.2 Å². The van der Waals surface area contributed by atoms with Gasteiger partial charge in [0.25, 0.3) is 11.8 Å². The Morgan fingerprint density at radius 2 is 1.89 bits per heavy atom. The molecule has 1 saturated heterocycles. The Morgan fingerprint density at radius 3 is 2.54 bits per heavy atom. The average Bonchev–Trinajstić information content (AvgIpc) is 3.30. The summed E-state index contributed by atoms with van der Waals surface area (Å²) in [6.07, 6.45) is -4.58. The zero-order valence-corrected chi connectivity index (χ0v) is 21.1. The molecule has 0 spiro atoms. The molecule has 0 unspecified atom stereocenters. The van der Waals surface area contributed by atoms with E-state index < -0.39 is 23.6 Å². The van der Waals surface area contributed by atoms with Gasteiger partial charge in [-0.1, -0.05) is 23.5 Å². The number of ether oxygens (including phenoxy) is 1. The predicted octanol–water partition coefficient (Wildman–Crippen LogP) is 4.36. The molecule has 1 aliphatic rings. The fraction of sp³-hybridized carbons (Fsp3) is 0.320. The van der Waals surface area contributed by atoms with Gasteiger partial charge in [-0.15, -0.1) is 0 Å². The highest BCUT2D eigenvalue weighted by molar-refractivity contribution is 7.18. The van der Waals surface area contributed by atoms with Crippen LogP contribution in [-0.4, -0.2) is 55.0 Å². The normalized spacial score (nSPS) is 14.4. The molecule has 1 aliphatic heterocycles. The third-order valence-electron chi connectivity index (χ3n) is 5.99. The number of nitrogens with one attached hydrogen (secondary N) is 2. The lowest BCUT2D eigenvalue weighted by Gasteiger charge is -2.27. The van der Waals surface area contributed by atoms with E-state index >= 15 is 0 Å². The van der Waals surface area contributed by atoms with Gasteiger partial charge in [0.1, 0.15) is 4.88 Å². The Kier molecular flexibility index (Phi) is 7.81. The van der Waals surface area contributed by atoms with Crippen molar-refractivity contribution >= 4 is 34.0 Å². The first-order chi connectivity index (χ1) is 17.6. The van der Waals surface area contributed by atoms with Crippen LogP contribution in [-0.2, 0) is 17.5 Å². The minimum Gasteiger partial charge on any atom is -0.379 e. The zero-order valence-electron chi connectivity index (χ0n) is 20.2. The first-order valence-corrected chi connectivity index (χ1v) is 12.3. The number of thiazole rings is 1. The van der Waals surface area contributed by atoms with E-state index in [1.165, 1.54) is 12.1 Å². The predicted molar refractivity (Wildman–Crippen MR) is 136 cm³/mol. The largest absolute Gasteiger partial charge is 0.416 e. The minimum absolute atomic E-state index is 0.0223. The number of amides is 2. The molecule has 0 aliphatic carbocycles. The van der Waals surface area contributed by atoms with Gasteiger partial charge >= 0.3 is 6.18 Å². The number of carbonyl (C=O) groups excluding carboxylic acids is 2. The first kappa shape index (κ1) is 26.6. The SMILES string of the molecule is CNc1nc(-c2cc(C(=O)Nc3ccc(CN4CCOCC4)c(C(F)(F)F)c3)ccc2C)c(C(N)=O)s1. The standard InChI is InChI=1S/C25H26F3N5O3S/c1-14-3-4-15(11-18(14)20-21(22(29)34)37-24(30-2)32-20)23(35)31-17-6-5-16(19(12-17)25(26,27)28)13-33-7-9-36-10-8-33/h3-6,11-12H,7-10,13H2,1-2H3,(H2,29,34)(H,30,32)(H,31,35). The molecule has 0 bridgehead atoms. The number of anilines is 2. The van der Waals surface area contributed by atoms with Crippen LogP contribution in [0.5, 0.6) is 0 Å². The highest BCUT2D eigenvalue weighted by Crippen LogP contribution is 2.36. The molecule has 4 rings (SSSR count). The molecule has 37 heavy (non-hydrogen) atoms. The summed E-state index contributed by atoms with van der Waals surface area (Å²) in [4.78, 5) is 31.5. The second-order valence-corrected chi connectivity index (χ2v) is 9.55. The van der Waals surface area contributed by atoms with E-state index in [2.05, 4.69) is 15.6 Å². The molecule has 3 aromatic rings. The topological polar surface area (TPSA) is 110 Å². The number of hydrogen-bond acceptors (Lipinski definition) is 7. The number of nitrogens with two attached hydrogens (primary N) is 1. The van der Waals surface area contributed by atoms with Crippen LogP contribution in [0.3, 0.4) is 0 Å². The zero-order chi connectivity index (χ0) is 26.7. The number of benzene rings is 2. The average molecular weight is 534 g/mol. The summed E-state index contributed by atoms with van der Waals surface area (Å²) in [5, 5.41) is 5.91. The summed E-state index contributed by atoms with van der Waals surface area (Å²) in [5.74, 6) is -1.25. The van der Waals surface area contributed by atoms with Gasteiger partial charge in [-0.2, -0.15) is 13.2 Å². The van der Waals surface area contributed by atoms with E-state index in [-0.39, 0.29) is 28.2 Å². The van der Waals surface area contributed by atoms with Gasteiger partial charge in [0.05, 0.1) is 24.5 Å². The second-order valence-electron chi connectivity index (χ2n) is 8.55. The van der Waals surface area contributed by atoms with Gasteiger partial charge in [-0.25, -0.2) is 4.98 Å². The van der Waals surface area contributed by atoms with Crippen molar-refractivity contribution in [2.75, 3.05) is 44.0 Å². The lowest BCUT2D eigenvalue weighted by molar-refractivity contribution is -0.138.